The van der Waals surface area contributed by atoms with Crippen molar-refractivity contribution in [3.05, 3.63) is 36.1 Å². The lowest BCUT2D eigenvalue weighted by Gasteiger charge is -2.22. The normalized spacial score (nSPS) is 16.0. The van der Waals surface area contributed by atoms with Crippen LogP contribution in [0.25, 0.3) is 0 Å². The molecule has 22 heavy (non-hydrogen) atoms. The molecule has 0 fully saturated rings. The summed E-state index contributed by atoms with van der Waals surface area (Å²) >= 11 is 0. The number of carbonyl (C=O) groups excluding carboxylic acids is 1. The van der Waals surface area contributed by atoms with Crippen LogP contribution in [-0.4, -0.2) is 18.2 Å². The average Bonchev–Trinajstić information content (AvgIpc) is 2.53. The van der Waals surface area contributed by atoms with E-state index in [0.717, 1.165) is 12.1 Å². The third kappa shape index (κ3) is 9.32. The number of nitrogens with one attached hydrogen (secondary N) is 1. The Morgan fingerprint density at radius 3 is 2.36 bits per heavy atom. The van der Waals surface area contributed by atoms with Crippen LogP contribution in [0.15, 0.2) is 41.1 Å². The third-order valence-corrected chi connectivity index (χ3v) is 2.71. The molecule has 1 aliphatic carbocycles. The fourth-order valence-electron chi connectivity index (χ4n) is 1.64. The monoisotopic (exact) mass is 308 g/mol. The first-order chi connectivity index (χ1) is 10.5. The van der Waals surface area contributed by atoms with Gasteiger partial charge in [-0.15, -0.1) is 0 Å². The molecule has 0 atom stereocenters. The number of hydrogen-bond acceptors (Lipinski definition) is 2. The van der Waals surface area contributed by atoms with E-state index in [1.165, 1.54) is 0 Å². The first-order valence-corrected chi connectivity index (χ1v) is 8.36. The van der Waals surface area contributed by atoms with Crippen LogP contribution in [0.5, 0.6) is 0 Å². The first kappa shape index (κ1) is 22.6. The molecule has 0 aromatic heterocycles. The Morgan fingerprint density at radius 2 is 1.95 bits per heavy atom. The molecule has 0 unspecified atom stereocenters. The summed E-state index contributed by atoms with van der Waals surface area (Å²) in [6.07, 6.45) is 10.6. The summed E-state index contributed by atoms with van der Waals surface area (Å²) in [7, 11) is 0. The molecule has 0 bridgehead atoms. The Balaban J connectivity index is -0.000000739. The molecule has 0 heterocycles. The maximum atomic E-state index is 12.0. The maximum absolute atomic E-state index is 12.0. The van der Waals surface area contributed by atoms with E-state index in [1.54, 1.807) is 6.08 Å². The highest BCUT2D eigenvalue weighted by molar-refractivity contribution is 6.43. The highest BCUT2D eigenvalue weighted by Crippen LogP contribution is 2.27. The summed E-state index contributed by atoms with van der Waals surface area (Å²) in [6, 6.07) is 0. The molecule has 0 radical (unpaired) electrons. The van der Waals surface area contributed by atoms with E-state index in [0.29, 0.717) is 12.3 Å². The molecule has 0 spiro atoms. The standard InChI is InChI=1S/C15H22N2O.2C2H6.H2/c1-5-7-13(16-6-2)14(18)17-12-8-10-15(3,4)11-9-12;2*1-2;/h5,7-10H,6,11H2,1-4H3,(H,17,18);2*1-2H3;1H/b7-5-,16-13?;;;. The van der Waals surface area contributed by atoms with Crippen LogP contribution in [0.2, 0.25) is 0 Å². The SMILES string of the molecule is C/C=C\C(=NCC)C(=O)NC1=CCC(C)(C)C=C1.CC.CC.[HH]. The van der Waals surface area contributed by atoms with Gasteiger partial charge in [-0.05, 0) is 37.8 Å². The second kappa shape index (κ2) is 13.1. The molecule has 1 N–H and O–H groups in total. The van der Waals surface area contributed by atoms with Gasteiger partial charge in [0.1, 0.15) is 5.71 Å². The zero-order valence-electron chi connectivity index (χ0n) is 15.7. The van der Waals surface area contributed by atoms with Crippen molar-refractivity contribution >= 4 is 11.6 Å². The molecular formula is C19H36N2O. The lowest BCUT2D eigenvalue weighted by atomic mass is 9.85. The second-order valence-corrected chi connectivity index (χ2v) is 5.00. The molecule has 0 saturated carbocycles. The van der Waals surface area contributed by atoms with E-state index in [9.17, 15) is 4.79 Å². The largest absolute Gasteiger partial charge is 0.321 e. The Labute approximate surface area is 138 Å². The van der Waals surface area contributed by atoms with Crippen LogP contribution in [0.4, 0.5) is 0 Å². The summed E-state index contributed by atoms with van der Waals surface area (Å²) in [6.45, 7) is 16.7. The fraction of sp³-hybridized carbons (Fsp3) is 0.579. The maximum Gasteiger partial charge on any atom is 0.273 e. The molecule has 1 amide bonds. The van der Waals surface area contributed by atoms with Gasteiger partial charge in [0.15, 0.2) is 0 Å². The predicted molar refractivity (Wildman–Crippen MR) is 101 cm³/mol. The molecule has 1 rings (SSSR count). The minimum atomic E-state index is -0.148. The van der Waals surface area contributed by atoms with Gasteiger partial charge in [0.2, 0.25) is 0 Å². The molecule has 1 aliphatic rings. The molecule has 0 aliphatic heterocycles. The molecule has 3 heteroatoms. The number of nitrogens with zero attached hydrogens (tertiary/aromatic N) is 1. The fourth-order valence-corrected chi connectivity index (χ4v) is 1.64. The summed E-state index contributed by atoms with van der Waals surface area (Å²) in [5.74, 6) is -0.148. The van der Waals surface area contributed by atoms with Gasteiger partial charge in [-0.2, -0.15) is 0 Å². The van der Waals surface area contributed by atoms with E-state index < -0.39 is 0 Å². The van der Waals surface area contributed by atoms with Crippen molar-refractivity contribution in [3.8, 4) is 0 Å². The molecule has 3 nitrogen and oxygen atoms in total. The lowest BCUT2D eigenvalue weighted by molar-refractivity contribution is -0.114. The van der Waals surface area contributed by atoms with Gasteiger partial charge in [0.05, 0.1) is 0 Å². The van der Waals surface area contributed by atoms with Crippen molar-refractivity contribution in [3.63, 3.8) is 0 Å². The van der Waals surface area contributed by atoms with Crippen molar-refractivity contribution in [1.29, 1.82) is 0 Å². The Bertz CT molecular complexity index is 433. The summed E-state index contributed by atoms with van der Waals surface area (Å²) in [4.78, 5) is 16.2. The number of aliphatic imine (C=N–C) groups is 1. The number of amides is 1. The highest BCUT2D eigenvalue weighted by Gasteiger charge is 2.17. The van der Waals surface area contributed by atoms with Gasteiger partial charge in [-0.1, -0.05) is 59.8 Å². The highest BCUT2D eigenvalue weighted by atomic mass is 16.1. The van der Waals surface area contributed by atoms with E-state index in [2.05, 4.69) is 36.3 Å². The van der Waals surface area contributed by atoms with Gasteiger partial charge >= 0.3 is 0 Å². The number of rotatable bonds is 4. The Hall–Kier alpha value is -1.64. The van der Waals surface area contributed by atoms with Crippen LogP contribution in [0.3, 0.4) is 0 Å². The smallest absolute Gasteiger partial charge is 0.273 e. The zero-order valence-corrected chi connectivity index (χ0v) is 15.7. The van der Waals surface area contributed by atoms with Crippen LogP contribution < -0.4 is 5.32 Å². The Morgan fingerprint density at radius 1 is 1.36 bits per heavy atom. The van der Waals surface area contributed by atoms with Crippen LogP contribution in [-0.2, 0) is 4.79 Å². The van der Waals surface area contributed by atoms with Gasteiger partial charge in [-0.3, -0.25) is 9.79 Å². The lowest BCUT2D eigenvalue weighted by Crippen LogP contribution is -2.30. The van der Waals surface area contributed by atoms with Crippen LogP contribution in [0, 0.1) is 5.41 Å². The second-order valence-electron chi connectivity index (χ2n) is 5.00. The molecule has 0 aromatic rings. The van der Waals surface area contributed by atoms with E-state index >= 15 is 0 Å². The predicted octanol–water partition coefficient (Wildman–Crippen LogP) is 5.31. The third-order valence-electron chi connectivity index (χ3n) is 2.71. The topological polar surface area (TPSA) is 41.5 Å². The number of carbonyl (C=O) groups is 1. The van der Waals surface area contributed by atoms with Crippen molar-refractivity contribution in [2.45, 2.75) is 61.8 Å². The zero-order chi connectivity index (χ0) is 17.6. The summed E-state index contributed by atoms with van der Waals surface area (Å²) < 4.78 is 0. The minimum absolute atomic E-state index is 0. The van der Waals surface area contributed by atoms with Crippen molar-refractivity contribution in [2.75, 3.05) is 6.54 Å². The quantitative estimate of drug-likeness (QED) is 0.703. The van der Waals surface area contributed by atoms with Crippen LogP contribution in [0.1, 0.15) is 63.2 Å². The summed E-state index contributed by atoms with van der Waals surface area (Å²) in [5, 5.41) is 2.88. The first-order valence-electron chi connectivity index (χ1n) is 8.36. The van der Waals surface area contributed by atoms with Gasteiger partial charge < -0.3 is 5.32 Å². The average molecular weight is 309 g/mol. The Kier molecular flexibility index (Phi) is 13.4. The van der Waals surface area contributed by atoms with Gasteiger partial charge in [0.25, 0.3) is 5.91 Å². The van der Waals surface area contributed by atoms with E-state index in [1.807, 2.05) is 53.7 Å². The molecule has 0 aromatic carbocycles. The summed E-state index contributed by atoms with van der Waals surface area (Å²) in [5.41, 5.74) is 1.50. The number of hydrogen-bond donors (Lipinski definition) is 1. The van der Waals surface area contributed by atoms with Crippen molar-refractivity contribution in [1.82, 2.24) is 5.32 Å². The number of allylic oxidation sites excluding steroid dienone is 4. The molecule has 128 valence electrons. The van der Waals surface area contributed by atoms with Gasteiger partial charge in [-0.25, -0.2) is 0 Å². The van der Waals surface area contributed by atoms with Gasteiger partial charge in [0, 0.05) is 13.7 Å². The molecule has 0 saturated heterocycles. The van der Waals surface area contributed by atoms with Crippen molar-refractivity contribution < 1.29 is 6.22 Å². The molecular weight excluding hydrogens is 272 g/mol. The minimum Gasteiger partial charge on any atom is -0.321 e. The van der Waals surface area contributed by atoms with Crippen molar-refractivity contribution in [2.24, 2.45) is 10.4 Å². The van der Waals surface area contributed by atoms with E-state index in [-0.39, 0.29) is 12.7 Å². The van der Waals surface area contributed by atoms with E-state index in [4.69, 9.17) is 0 Å². The van der Waals surface area contributed by atoms with Crippen LogP contribution >= 0.6 is 0 Å².